The van der Waals surface area contributed by atoms with Gasteiger partial charge in [0.1, 0.15) is 0 Å². The van der Waals surface area contributed by atoms with Gasteiger partial charge in [-0.05, 0) is 17.2 Å². The number of carbonyl (C=O) groups excluding carboxylic acids is 1. The molecular weight excluding hydrogens is 328 g/mol. The topological polar surface area (TPSA) is 34.9 Å². The second-order valence-corrected chi connectivity index (χ2v) is 6.04. The minimum atomic E-state index is -0.247. The van der Waals surface area contributed by atoms with Crippen molar-refractivity contribution in [3.8, 4) is 0 Å². The van der Waals surface area contributed by atoms with Crippen LogP contribution in [0.3, 0.4) is 0 Å². The van der Waals surface area contributed by atoms with Gasteiger partial charge in [-0.2, -0.15) is 0 Å². The molecule has 1 unspecified atom stereocenters. The molecule has 0 bridgehead atoms. The lowest BCUT2D eigenvalue weighted by molar-refractivity contribution is 0.109. The molecule has 0 radical (unpaired) electrons. The van der Waals surface area contributed by atoms with Gasteiger partial charge in [0.25, 0.3) is 0 Å². The van der Waals surface area contributed by atoms with Gasteiger partial charge >= 0.3 is 0 Å². The highest BCUT2D eigenvalue weighted by Gasteiger charge is 2.21. The Kier molecular flexibility index (Phi) is 4.84. The fourth-order valence-corrected chi connectivity index (χ4v) is 3.19. The summed E-state index contributed by atoms with van der Waals surface area (Å²) in [5.41, 5.74) is 2.49. The Bertz CT molecular complexity index is 817. The second-order valence-electron chi connectivity index (χ2n) is 5.23. The number of imidazole rings is 1. The van der Waals surface area contributed by atoms with Crippen molar-refractivity contribution in [1.29, 1.82) is 0 Å². The Morgan fingerprint density at radius 1 is 1.13 bits per heavy atom. The summed E-state index contributed by atoms with van der Waals surface area (Å²) in [4.78, 5) is 16.0. The van der Waals surface area contributed by atoms with E-state index in [2.05, 4.69) is 17.6 Å². The van der Waals surface area contributed by atoms with Crippen molar-refractivity contribution in [3.05, 3.63) is 89.0 Å². The van der Waals surface area contributed by atoms with Gasteiger partial charge in [-0.15, -0.1) is 12.6 Å². The van der Waals surface area contributed by atoms with Crippen molar-refractivity contribution >= 4 is 29.3 Å². The van der Waals surface area contributed by atoms with E-state index in [0.29, 0.717) is 17.1 Å². The summed E-state index contributed by atoms with van der Waals surface area (Å²) in [6, 6.07) is 15.2. The van der Waals surface area contributed by atoms with Gasteiger partial charge in [-0.25, -0.2) is 4.98 Å². The molecule has 23 heavy (non-hydrogen) atoms. The minimum Gasteiger partial charge on any atom is -0.337 e. The van der Waals surface area contributed by atoms with E-state index in [4.69, 9.17) is 11.6 Å². The van der Waals surface area contributed by atoms with E-state index in [1.807, 2.05) is 53.2 Å². The lowest BCUT2D eigenvalue weighted by Crippen LogP contribution is -2.13. The third kappa shape index (κ3) is 3.49. The maximum absolute atomic E-state index is 11.9. The third-order valence-electron chi connectivity index (χ3n) is 3.80. The van der Waals surface area contributed by atoms with E-state index in [1.165, 1.54) is 0 Å². The molecule has 1 atom stereocenters. The van der Waals surface area contributed by atoms with Gasteiger partial charge in [0.15, 0.2) is 0 Å². The lowest BCUT2D eigenvalue weighted by Gasteiger charge is -2.21. The Hall–Kier alpha value is -2.04. The zero-order chi connectivity index (χ0) is 16.2. The molecule has 0 saturated carbocycles. The van der Waals surface area contributed by atoms with Gasteiger partial charge in [0.2, 0.25) is 5.12 Å². The fraction of sp³-hybridized carbons (Fsp3) is 0.111. The molecule has 0 aliphatic carbocycles. The van der Waals surface area contributed by atoms with Crippen molar-refractivity contribution in [2.75, 3.05) is 0 Å². The number of rotatable bonds is 5. The molecule has 3 aromatic rings. The van der Waals surface area contributed by atoms with Crippen molar-refractivity contribution in [1.82, 2.24) is 9.55 Å². The van der Waals surface area contributed by atoms with Crippen molar-refractivity contribution in [2.45, 2.75) is 12.5 Å². The monoisotopic (exact) mass is 342 g/mol. The lowest BCUT2D eigenvalue weighted by atomic mass is 9.88. The second kappa shape index (κ2) is 7.02. The first-order valence-corrected chi connectivity index (χ1v) is 8.01. The standard InChI is InChI=1S/C18H15ClN2OS/c19-17-8-4-3-6-14(17)16(11-21-10-9-20-12-21)13-5-1-2-7-15(13)18(22)23/h1-10,12,16H,11H2,(H,22,23). The van der Waals surface area contributed by atoms with E-state index < -0.39 is 0 Å². The highest BCUT2D eigenvalue weighted by atomic mass is 35.5. The van der Waals surface area contributed by atoms with E-state index in [-0.39, 0.29) is 11.0 Å². The molecule has 0 saturated heterocycles. The van der Waals surface area contributed by atoms with Crippen LogP contribution in [0.25, 0.3) is 0 Å². The van der Waals surface area contributed by atoms with Gasteiger partial charge in [0, 0.05) is 35.4 Å². The van der Waals surface area contributed by atoms with E-state index in [1.54, 1.807) is 18.6 Å². The summed E-state index contributed by atoms with van der Waals surface area (Å²) >= 11 is 10.4. The molecule has 1 heterocycles. The fourth-order valence-electron chi connectivity index (χ4n) is 2.72. The molecule has 0 spiro atoms. The SMILES string of the molecule is O=C(S)c1ccccc1C(Cn1ccnc1)c1ccccc1Cl. The van der Waals surface area contributed by atoms with Crippen LogP contribution in [0.4, 0.5) is 0 Å². The number of halogens is 1. The number of benzene rings is 2. The summed E-state index contributed by atoms with van der Waals surface area (Å²) < 4.78 is 1.98. The van der Waals surface area contributed by atoms with Crippen LogP contribution >= 0.6 is 24.2 Å². The van der Waals surface area contributed by atoms with Gasteiger partial charge in [0.05, 0.1) is 6.33 Å². The molecular formula is C18H15ClN2OS. The van der Waals surface area contributed by atoms with E-state index in [9.17, 15) is 4.79 Å². The van der Waals surface area contributed by atoms with Crippen LogP contribution < -0.4 is 0 Å². The maximum atomic E-state index is 11.9. The number of carbonyl (C=O) groups is 1. The normalized spacial score (nSPS) is 12.1. The summed E-state index contributed by atoms with van der Waals surface area (Å²) in [7, 11) is 0. The molecule has 0 aliphatic heterocycles. The Labute approximate surface area is 145 Å². The van der Waals surface area contributed by atoms with Crippen LogP contribution in [0.2, 0.25) is 5.02 Å². The Morgan fingerprint density at radius 3 is 2.48 bits per heavy atom. The first-order valence-electron chi connectivity index (χ1n) is 7.19. The average Bonchev–Trinajstić information content (AvgIpc) is 3.06. The summed E-state index contributed by atoms with van der Waals surface area (Å²) in [5, 5.41) is 0.433. The summed E-state index contributed by atoms with van der Waals surface area (Å²) in [5.74, 6) is -0.0646. The zero-order valence-electron chi connectivity index (χ0n) is 12.3. The van der Waals surface area contributed by atoms with Crippen molar-refractivity contribution in [3.63, 3.8) is 0 Å². The van der Waals surface area contributed by atoms with Crippen LogP contribution in [-0.2, 0) is 6.54 Å². The first kappa shape index (κ1) is 15.8. The molecule has 1 aromatic heterocycles. The smallest absolute Gasteiger partial charge is 0.216 e. The first-order chi connectivity index (χ1) is 11.2. The highest BCUT2D eigenvalue weighted by Crippen LogP contribution is 2.34. The molecule has 3 rings (SSSR count). The Balaban J connectivity index is 2.13. The summed E-state index contributed by atoms with van der Waals surface area (Å²) in [6.07, 6.45) is 5.39. The Morgan fingerprint density at radius 2 is 1.83 bits per heavy atom. The number of thiol groups is 1. The molecule has 0 fully saturated rings. The van der Waals surface area contributed by atoms with E-state index >= 15 is 0 Å². The third-order valence-corrected chi connectivity index (χ3v) is 4.38. The molecule has 5 heteroatoms. The van der Waals surface area contributed by atoms with Crippen LogP contribution in [0, 0.1) is 0 Å². The average molecular weight is 343 g/mol. The molecule has 3 nitrogen and oxygen atoms in total. The molecule has 0 amide bonds. The predicted octanol–water partition coefficient (Wildman–Crippen LogP) is 4.44. The minimum absolute atomic E-state index is 0.0646. The highest BCUT2D eigenvalue weighted by molar-refractivity contribution is 7.97. The molecule has 0 aliphatic rings. The van der Waals surface area contributed by atoms with Crippen LogP contribution in [0.15, 0.2) is 67.3 Å². The number of nitrogens with zero attached hydrogens (tertiary/aromatic N) is 2. The largest absolute Gasteiger partial charge is 0.337 e. The molecule has 0 N–H and O–H groups in total. The van der Waals surface area contributed by atoms with Gasteiger partial charge in [-0.3, -0.25) is 4.79 Å². The van der Waals surface area contributed by atoms with Gasteiger partial charge in [-0.1, -0.05) is 54.1 Å². The maximum Gasteiger partial charge on any atom is 0.216 e. The van der Waals surface area contributed by atoms with Crippen LogP contribution in [0.5, 0.6) is 0 Å². The quantitative estimate of drug-likeness (QED) is 0.696. The number of hydrogen-bond donors (Lipinski definition) is 1. The summed E-state index contributed by atoms with van der Waals surface area (Å²) in [6.45, 7) is 0.641. The van der Waals surface area contributed by atoms with Gasteiger partial charge < -0.3 is 4.57 Å². The van der Waals surface area contributed by atoms with Crippen LogP contribution in [-0.4, -0.2) is 14.7 Å². The van der Waals surface area contributed by atoms with E-state index in [0.717, 1.165) is 11.1 Å². The molecule has 2 aromatic carbocycles. The molecule has 116 valence electrons. The van der Waals surface area contributed by atoms with Crippen LogP contribution in [0.1, 0.15) is 27.4 Å². The predicted molar refractivity (Wildman–Crippen MR) is 95.3 cm³/mol. The van der Waals surface area contributed by atoms with Crippen molar-refractivity contribution in [2.24, 2.45) is 0 Å². The number of hydrogen-bond acceptors (Lipinski definition) is 2. The number of aromatic nitrogens is 2. The van der Waals surface area contributed by atoms with Crippen molar-refractivity contribution < 1.29 is 4.79 Å². The zero-order valence-corrected chi connectivity index (χ0v) is 13.9.